The van der Waals surface area contributed by atoms with Crippen molar-refractivity contribution in [2.24, 2.45) is 0 Å². The molecule has 3 aromatic rings. The molecule has 1 atom stereocenters. The van der Waals surface area contributed by atoms with E-state index < -0.39 is 0 Å². The zero-order valence-electron chi connectivity index (χ0n) is 22.7. The number of nitrogens with zero attached hydrogens (tertiary/aromatic N) is 3. The quantitative estimate of drug-likeness (QED) is 0.445. The normalized spacial score (nSPS) is 18.2. The van der Waals surface area contributed by atoms with E-state index in [0.717, 1.165) is 18.8 Å². The van der Waals surface area contributed by atoms with Gasteiger partial charge in [0.25, 0.3) is 5.91 Å². The number of rotatable bonds is 3. The molecule has 5 heteroatoms. The van der Waals surface area contributed by atoms with E-state index in [0.29, 0.717) is 24.2 Å². The Morgan fingerprint density at radius 3 is 2.11 bits per heavy atom. The van der Waals surface area contributed by atoms with Crippen LogP contribution in [0.25, 0.3) is 0 Å². The number of benzene rings is 3. The molecule has 5 rings (SSSR count). The van der Waals surface area contributed by atoms with Crippen LogP contribution in [0.4, 0.5) is 5.69 Å². The predicted octanol–water partition coefficient (Wildman–Crippen LogP) is 6.06. The summed E-state index contributed by atoms with van der Waals surface area (Å²) in [6.07, 6.45) is 0. The molecule has 0 N–H and O–H groups in total. The molecular formula is C32H35N3O2. The Balaban J connectivity index is 1.45. The van der Waals surface area contributed by atoms with Gasteiger partial charge in [0.2, 0.25) is 0 Å². The van der Waals surface area contributed by atoms with E-state index >= 15 is 0 Å². The molecule has 1 saturated heterocycles. The number of hydrogen-bond donors (Lipinski definition) is 0. The van der Waals surface area contributed by atoms with Crippen LogP contribution in [0.2, 0.25) is 0 Å². The van der Waals surface area contributed by atoms with Gasteiger partial charge in [-0.1, -0.05) is 29.8 Å². The van der Waals surface area contributed by atoms with Gasteiger partial charge < -0.3 is 14.5 Å². The van der Waals surface area contributed by atoms with E-state index in [9.17, 15) is 4.79 Å². The average Bonchev–Trinajstić information content (AvgIpc) is 3.19. The fraction of sp³-hybridized carbons (Fsp3) is 0.375. The second-order valence-electron chi connectivity index (χ2n) is 11.0. The van der Waals surface area contributed by atoms with Crippen LogP contribution >= 0.6 is 0 Å². The molecular weight excluding hydrogens is 458 g/mol. The van der Waals surface area contributed by atoms with Gasteiger partial charge in [0.1, 0.15) is 11.4 Å². The summed E-state index contributed by atoms with van der Waals surface area (Å²) >= 11 is 0. The van der Waals surface area contributed by atoms with Crippen LogP contribution in [0.5, 0.6) is 5.75 Å². The molecule has 1 unspecified atom stereocenters. The highest BCUT2D eigenvalue weighted by atomic mass is 16.5. The molecule has 0 spiro atoms. The highest BCUT2D eigenvalue weighted by Gasteiger charge is 2.45. The Kier molecular flexibility index (Phi) is 6.23. The van der Waals surface area contributed by atoms with Crippen LogP contribution < -0.4 is 9.64 Å². The molecule has 0 aromatic heterocycles. The summed E-state index contributed by atoms with van der Waals surface area (Å²) in [5, 5.41) is 9.04. The molecule has 0 aliphatic carbocycles. The third-order valence-electron chi connectivity index (χ3n) is 8.17. The second-order valence-corrected chi connectivity index (χ2v) is 11.0. The van der Waals surface area contributed by atoms with E-state index in [1.165, 1.54) is 39.1 Å². The molecule has 2 heterocycles. The first kappa shape index (κ1) is 24.9. The summed E-state index contributed by atoms with van der Waals surface area (Å²) in [5.41, 5.74) is 9.70. The van der Waals surface area contributed by atoms with E-state index in [2.05, 4.69) is 76.8 Å². The van der Waals surface area contributed by atoms with Gasteiger partial charge in [-0.2, -0.15) is 5.26 Å². The van der Waals surface area contributed by atoms with Gasteiger partial charge in [-0.15, -0.1) is 0 Å². The van der Waals surface area contributed by atoms with Crippen LogP contribution in [0.15, 0.2) is 48.5 Å². The number of nitriles is 1. The lowest BCUT2D eigenvalue weighted by Crippen LogP contribution is -2.49. The fourth-order valence-corrected chi connectivity index (χ4v) is 6.08. The minimum Gasteiger partial charge on any atom is -0.486 e. The minimum absolute atomic E-state index is 0.0253. The maximum atomic E-state index is 13.1. The molecule has 0 radical (unpaired) electrons. The van der Waals surface area contributed by atoms with Crippen LogP contribution in [-0.4, -0.2) is 42.6 Å². The number of aryl methyl sites for hydroxylation is 1. The molecule has 0 bridgehead atoms. The molecule has 37 heavy (non-hydrogen) atoms. The number of ether oxygens (including phenoxy) is 1. The van der Waals surface area contributed by atoms with Gasteiger partial charge in [-0.25, -0.2) is 0 Å². The lowest BCUT2D eigenvalue weighted by atomic mass is 9.78. The maximum absolute atomic E-state index is 13.1. The van der Waals surface area contributed by atoms with Crippen LogP contribution in [-0.2, 0) is 0 Å². The van der Waals surface area contributed by atoms with Gasteiger partial charge in [0.15, 0.2) is 0 Å². The first-order chi connectivity index (χ1) is 17.6. The van der Waals surface area contributed by atoms with Crippen molar-refractivity contribution in [3.8, 4) is 11.8 Å². The lowest BCUT2D eigenvalue weighted by Gasteiger charge is -2.38. The first-order valence-corrected chi connectivity index (χ1v) is 13.1. The van der Waals surface area contributed by atoms with Crippen molar-refractivity contribution in [2.75, 3.05) is 31.1 Å². The van der Waals surface area contributed by atoms with Crippen molar-refractivity contribution in [3.05, 3.63) is 93.0 Å². The van der Waals surface area contributed by atoms with Gasteiger partial charge >= 0.3 is 0 Å². The van der Waals surface area contributed by atoms with Gasteiger partial charge in [-0.3, -0.25) is 4.79 Å². The highest BCUT2D eigenvalue weighted by Crippen LogP contribution is 2.54. The Morgan fingerprint density at radius 2 is 1.51 bits per heavy atom. The molecule has 1 fully saturated rings. The fourth-order valence-electron chi connectivity index (χ4n) is 6.08. The van der Waals surface area contributed by atoms with Gasteiger partial charge in [-0.05, 0) is 88.1 Å². The summed E-state index contributed by atoms with van der Waals surface area (Å²) < 4.78 is 6.65. The Labute approximate surface area is 220 Å². The Hall–Kier alpha value is -3.78. The van der Waals surface area contributed by atoms with Crippen molar-refractivity contribution >= 4 is 11.6 Å². The second kappa shape index (κ2) is 9.27. The molecule has 3 aromatic carbocycles. The maximum Gasteiger partial charge on any atom is 0.253 e. The van der Waals surface area contributed by atoms with Crippen molar-refractivity contribution in [2.45, 2.75) is 53.1 Å². The van der Waals surface area contributed by atoms with Crippen molar-refractivity contribution in [1.29, 1.82) is 5.26 Å². The lowest BCUT2D eigenvalue weighted by molar-refractivity contribution is 0.0746. The van der Waals surface area contributed by atoms with E-state index in [1.54, 1.807) is 24.3 Å². The molecule has 0 saturated carbocycles. The zero-order chi connectivity index (χ0) is 26.5. The Bertz CT molecular complexity index is 1390. The number of carbonyl (C=O) groups is 1. The van der Waals surface area contributed by atoms with Crippen LogP contribution in [0, 0.1) is 39.0 Å². The molecule has 2 aliphatic rings. The number of fused-ring (bicyclic) bond motifs is 1. The van der Waals surface area contributed by atoms with Crippen LogP contribution in [0.3, 0.4) is 0 Å². The van der Waals surface area contributed by atoms with Crippen LogP contribution in [0.1, 0.15) is 69.1 Å². The van der Waals surface area contributed by atoms with Gasteiger partial charge in [0.05, 0.1) is 17.6 Å². The smallest absolute Gasteiger partial charge is 0.253 e. The first-order valence-electron chi connectivity index (χ1n) is 13.1. The molecule has 2 aliphatic heterocycles. The number of anilines is 1. The number of hydrogen-bond acceptors (Lipinski definition) is 4. The summed E-state index contributed by atoms with van der Waals surface area (Å²) in [4.78, 5) is 17.5. The summed E-state index contributed by atoms with van der Waals surface area (Å²) in [7, 11) is 0. The van der Waals surface area contributed by atoms with E-state index in [-0.39, 0.29) is 17.4 Å². The van der Waals surface area contributed by atoms with Crippen molar-refractivity contribution in [1.82, 2.24) is 4.90 Å². The highest BCUT2D eigenvalue weighted by molar-refractivity contribution is 5.94. The van der Waals surface area contributed by atoms with Crippen molar-refractivity contribution < 1.29 is 9.53 Å². The Morgan fingerprint density at radius 1 is 0.892 bits per heavy atom. The zero-order valence-corrected chi connectivity index (χ0v) is 22.7. The summed E-state index contributed by atoms with van der Waals surface area (Å²) in [5.74, 6) is 1.21. The van der Waals surface area contributed by atoms with Crippen molar-refractivity contribution in [3.63, 3.8) is 0 Å². The summed E-state index contributed by atoms with van der Waals surface area (Å²) in [6.45, 7) is 16.0. The third kappa shape index (κ3) is 4.25. The molecule has 5 nitrogen and oxygen atoms in total. The minimum atomic E-state index is -0.343. The average molecular weight is 494 g/mol. The summed E-state index contributed by atoms with van der Waals surface area (Å²) in [6, 6.07) is 17.9. The number of carbonyl (C=O) groups excluding carboxylic acids is 1. The number of amides is 1. The predicted molar refractivity (Wildman–Crippen MR) is 148 cm³/mol. The third-order valence-corrected chi connectivity index (χ3v) is 8.17. The standard InChI is InChI=1S/C32H35N3O2/c1-20-7-11-25(12-8-20)28-27-23(4)29(21(2)22(3)30(27)37-32(28,5)6)34-15-17-35(18-16-34)31(36)26-13-9-24(19-33)10-14-26/h7-14,28H,15-18H2,1-6H3. The molecule has 190 valence electrons. The van der Waals surface area contributed by atoms with E-state index in [1.807, 2.05) is 4.90 Å². The number of piperazine rings is 1. The largest absolute Gasteiger partial charge is 0.486 e. The topological polar surface area (TPSA) is 56.6 Å². The SMILES string of the molecule is Cc1ccc(C2c3c(C)c(N4CCN(C(=O)c5ccc(C#N)cc5)CC4)c(C)c(C)c3OC2(C)C)cc1. The van der Waals surface area contributed by atoms with Gasteiger partial charge in [0, 0.05) is 43.0 Å². The van der Waals surface area contributed by atoms with E-state index in [4.69, 9.17) is 10.00 Å². The molecule has 1 amide bonds. The monoisotopic (exact) mass is 493 g/mol.